The first kappa shape index (κ1) is 10.9. The van der Waals surface area contributed by atoms with Gasteiger partial charge in [0.05, 0.1) is 11.9 Å². The van der Waals surface area contributed by atoms with Crippen LogP contribution in [0.15, 0.2) is 29.3 Å². The molecule has 0 aliphatic heterocycles. The third kappa shape index (κ3) is 2.03. The lowest BCUT2D eigenvalue weighted by Crippen LogP contribution is -2.18. The Morgan fingerprint density at radius 2 is 2.24 bits per heavy atom. The number of nitrogens with zero attached hydrogens (tertiary/aromatic N) is 2. The molecule has 0 spiro atoms. The van der Waals surface area contributed by atoms with E-state index in [9.17, 15) is 14.0 Å². The number of hydrogen-bond acceptors (Lipinski definition) is 4. The fraction of sp³-hybridized carbons (Fsp3) is 0. The highest BCUT2D eigenvalue weighted by atomic mass is 19.1. The number of halogens is 1. The summed E-state index contributed by atoms with van der Waals surface area (Å²) in [6.07, 6.45) is 2.31. The molecule has 17 heavy (non-hydrogen) atoms. The van der Waals surface area contributed by atoms with E-state index in [1.54, 1.807) is 0 Å². The van der Waals surface area contributed by atoms with Crippen molar-refractivity contribution in [3.05, 3.63) is 46.3 Å². The normalized spacial score (nSPS) is 10.2. The summed E-state index contributed by atoms with van der Waals surface area (Å²) in [4.78, 5) is 25.4. The molecule has 2 heterocycles. The summed E-state index contributed by atoms with van der Waals surface area (Å²) < 4.78 is 13.4. The number of carboxylic acid groups (broad SMARTS) is 1. The first-order valence-electron chi connectivity index (χ1n) is 4.52. The molecule has 0 saturated heterocycles. The number of aromatic nitrogens is 3. The molecule has 7 heteroatoms. The molecule has 0 bridgehead atoms. The van der Waals surface area contributed by atoms with Crippen LogP contribution in [0.25, 0.3) is 11.3 Å². The molecule has 2 aromatic heterocycles. The molecule has 0 amide bonds. The van der Waals surface area contributed by atoms with Gasteiger partial charge in [0.1, 0.15) is 5.56 Å². The Labute approximate surface area is 93.8 Å². The Morgan fingerprint density at radius 1 is 1.47 bits per heavy atom. The standard InChI is InChI=1S/C10H6FN3O3/c11-7-4-12-2-1-5(7)8-3-6(10(16)17)9(15)14-13-8/h1-4H,(H,14,15)(H,16,17). The number of carbonyl (C=O) groups is 1. The molecule has 0 aliphatic rings. The van der Waals surface area contributed by atoms with Crippen LogP contribution in [0.1, 0.15) is 10.4 Å². The lowest BCUT2D eigenvalue weighted by molar-refractivity contribution is 0.0694. The molecular weight excluding hydrogens is 229 g/mol. The summed E-state index contributed by atoms with van der Waals surface area (Å²) in [5, 5.41) is 14.3. The summed E-state index contributed by atoms with van der Waals surface area (Å²) in [6.45, 7) is 0. The zero-order valence-electron chi connectivity index (χ0n) is 8.35. The maximum absolute atomic E-state index is 13.4. The van der Waals surface area contributed by atoms with E-state index in [1.807, 2.05) is 5.10 Å². The molecule has 0 aromatic carbocycles. The molecule has 86 valence electrons. The minimum absolute atomic E-state index is 0.0295. The third-order valence-corrected chi connectivity index (χ3v) is 2.08. The van der Waals surface area contributed by atoms with Crippen LogP contribution in [-0.2, 0) is 0 Å². The maximum atomic E-state index is 13.4. The van der Waals surface area contributed by atoms with E-state index in [0.29, 0.717) is 0 Å². The van der Waals surface area contributed by atoms with Crippen molar-refractivity contribution in [3.63, 3.8) is 0 Å². The lowest BCUT2D eigenvalue weighted by atomic mass is 10.1. The smallest absolute Gasteiger partial charge is 0.341 e. The van der Waals surface area contributed by atoms with Gasteiger partial charge in [-0.25, -0.2) is 14.3 Å². The zero-order valence-corrected chi connectivity index (χ0v) is 8.35. The largest absolute Gasteiger partial charge is 0.477 e. The van der Waals surface area contributed by atoms with Gasteiger partial charge < -0.3 is 5.11 Å². The van der Waals surface area contributed by atoms with Crippen molar-refractivity contribution < 1.29 is 14.3 Å². The monoisotopic (exact) mass is 235 g/mol. The van der Waals surface area contributed by atoms with E-state index in [0.717, 1.165) is 12.3 Å². The third-order valence-electron chi connectivity index (χ3n) is 2.08. The van der Waals surface area contributed by atoms with Gasteiger partial charge in [-0.3, -0.25) is 9.78 Å². The topological polar surface area (TPSA) is 95.9 Å². The van der Waals surface area contributed by atoms with E-state index in [2.05, 4.69) is 10.1 Å². The summed E-state index contributed by atoms with van der Waals surface area (Å²) >= 11 is 0. The summed E-state index contributed by atoms with van der Waals surface area (Å²) in [5.41, 5.74) is -1.23. The van der Waals surface area contributed by atoms with Gasteiger partial charge in [0, 0.05) is 11.8 Å². The SMILES string of the molecule is O=C(O)c1cc(-c2ccncc2F)n[nH]c1=O. The van der Waals surface area contributed by atoms with E-state index >= 15 is 0 Å². The average molecular weight is 235 g/mol. The molecule has 0 saturated carbocycles. The van der Waals surface area contributed by atoms with Gasteiger partial charge in [0.25, 0.3) is 5.56 Å². The van der Waals surface area contributed by atoms with Gasteiger partial charge in [0.2, 0.25) is 0 Å². The Hall–Kier alpha value is -2.57. The summed E-state index contributed by atoms with van der Waals surface area (Å²) in [7, 11) is 0. The lowest BCUT2D eigenvalue weighted by Gasteiger charge is -2.01. The quantitative estimate of drug-likeness (QED) is 0.797. The molecule has 6 nitrogen and oxygen atoms in total. The fourth-order valence-electron chi connectivity index (χ4n) is 1.29. The minimum Gasteiger partial charge on any atom is -0.477 e. The fourth-order valence-corrected chi connectivity index (χ4v) is 1.29. The van der Waals surface area contributed by atoms with Crippen molar-refractivity contribution in [2.45, 2.75) is 0 Å². The molecule has 2 rings (SSSR count). The Balaban J connectivity index is 2.62. The van der Waals surface area contributed by atoms with Crippen molar-refractivity contribution in [3.8, 4) is 11.3 Å². The highest BCUT2D eigenvalue weighted by Gasteiger charge is 2.13. The van der Waals surface area contributed by atoms with Crippen molar-refractivity contribution in [2.75, 3.05) is 0 Å². The van der Waals surface area contributed by atoms with Gasteiger partial charge in [-0.1, -0.05) is 0 Å². The first-order chi connectivity index (χ1) is 8.09. The Bertz CT molecular complexity index is 639. The number of aromatic carboxylic acids is 1. The predicted octanol–water partition coefficient (Wildman–Crippen LogP) is 0.669. The number of nitrogens with one attached hydrogen (secondary N) is 1. The highest BCUT2D eigenvalue weighted by molar-refractivity contribution is 5.88. The van der Waals surface area contributed by atoms with Crippen LogP contribution >= 0.6 is 0 Å². The molecule has 0 aliphatic carbocycles. The molecular formula is C10H6FN3O3. The van der Waals surface area contributed by atoms with Crippen molar-refractivity contribution in [1.29, 1.82) is 0 Å². The second-order valence-corrected chi connectivity index (χ2v) is 3.16. The summed E-state index contributed by atoms with van der Waals surface area (Å²) in [5.74, 6) is -2.05. The summed E-state index contributed by atoms with van der Waals surface area (Å²) in [6, 6.07) is 2.35. The van der Waals surface area contributed by atoms with Gasteiger partial charge in [-0.05, 0) is 12.1 Å². The molecule has 2 aromatic rings. The van der Waals surface area contributed by atoms with E-state index in [1.165, 1.54) is 12.3 Å². The van der Waals surface area contributed by atoms with Gasteiger partial charge in [0.15, 0.2) is 5.82 Å². The van der Waals surface area contributed by atoms with Crippen LogP contribution in [0.4, 0.5) is 4.39 Å². The number of rotatable bonds is 2. The molecule has 0 radical (unpaired) electrons. The minimum atomic E-state index is -1.40. The van der Waals surface area contributed by atoms with Gasteiger partial charge >= 0.3 is 5.97 Å². The van der Waals surface area contributed by atoms with Crippen LogP contribution in [0.3, 0.4) is 0 Å². The molecule has 0 atom stereocenters. The molecule has 0 unspecified atom stereocenters. The second-order valence-electron chi connectivity index (χ2n) is 3.16. The Morgan fingerprint density at radius 3 is 2.88 bits per heavy atom. The number of aromatic amines is 1. The van der Waals surface area contributed by atoms with E-state index in [4.69, 9.17) is 5.11 Å². The molecule has 2 N–H and O–H groups in total. The van der Waals surface area contributed by atoms with Crippen LogP contribution in [-0.4, -0.2) is 26.3 Å². The highest BCUT2D eigenvalue weighted by Crippen LogP contribution is 2.18. The Kier molecular flexibility index (Phi) is 2.65. The second kappa shape index (κ2) is 4.12. The molecule has 0 fully saturated rings. The number of pyridine rings is 1. The maximum Gasteiger partial charge on any atom is 0.341 e. The van der Waals surface area contributed by atoms with Crippen molar-refractivity contribution in [1.82, 2.24) is 15.2 Å². The van der Waals surface area contributed by atoms with Crippen LogP contribution in [0.5, 0.6) is 0 Å². The van der Waals surface area contributed by atoms with Crippen molar-refractivity contribution >= 4 is 5.97 Å². The van der Waals surface area contributed by atoms with Crippen molar-refractivity contribution in [2.24, 2.45) is 0 Å². The van der Waals surface area contributed by atoms with Crippen LogP contribution < -0.4 is 5.56 Å². The zero-order chi connectivity index (χ0) is 12.4. The van der Waals surface area contributed by atoms with Gasteiger partial charge in [-0.2, -0.15) is 5.10 Å². The van der Waals surface area contributed by atoms with E-state index < -0.39 is 22.9 Å². The van der Waals surface area contributed by atoms with Gasteiger partial charge in [-0.15, -0.1) is 0 Å². The van der Waals surface area contributed by atoms with Crippen LogP contribution in [0.2, 0.25) is 0 Å². The predicted molar refractivity (Wildman–Crippen MR) is 55.0 cm³/mol. The number of carboxylic acids is 1. The average Bonchev–Trinajstić information content (AvgIpc) is 2.30. The number of H-pyrrole nitrogens is 1. The first-order valence-corrected chi connectivity index (χ1v) is 4.52. The van der Waals surface area contributed by atoms with Crippen LogP contribution in [0, 0.1) is 5.82 Å². The van der Waals surface area contributed by atoms with E-state index in [-0.39, 0.29) is 11.3 Å². The number of hydrogen-bond donors (Lipinski definition) is 2.